The molecular formula is C13H22N2O3S. The lowest BCUT2D eigenvalue weighted by Gasteiger charge is -2.12. The number of rotatable bonds is 8. The van der Waals surface area contributed by atoms with Gasteiger partial charge in [0.1, 0.15) is 0 Å². The molecule has 0 spiro atoms. The van der Waals surface area contributed by atoms with E-state index in [2.05, 4.69) is 5.32 Å². The van der Waals surface area contributed by atoms with Gasteiger partial charge in [0.2, 0.25) is 0 Å². The lowest BCUT2D eigenvalue weighted by atomic mass is 10.2. The van der Waals surface area contributed by atoms with Gasteiger partial charge in [0.05, 0.1) is 16.3 Å². The molecule has 0 fully saturated rings. The lowest BCUT2D eigenvalue weighted by Crippen LogP contribution is -2.08. The predicted molar refractivity (Wildman–Crippen MR) is 78.2 cm³/mol. The van der Waals surface area contributed by atoms with Crippen LogP contribution in [0.4, 0.5) is 11.4 Å². The monoisotopic (exact) mass is 286 g/mol. The van der Waals surface area contributed by atoms with Crippen molar-refractivity contribution in [3.8, 4) is 0 Å². The highest BCUT2D eigenvalue weighted by atomic mass is 32.2. The van der Waals surface area contributed by atoms with Crippen LogP contribution in [0, 0.1) is 0 Å². The first-order valence-electron chi connectivity index (χ1n) is 6.28. The number of benzene rings is 1. The van der Waals surface area contributed by atoms with Crippen molar-refractivity contribution in [2.75, 3.05) is 37.6 Å². The summed E-state index contributed by atoms with van der Waals surface area (Å²) >= 11 is 0. The van der Waals surface area contributed by atoms with Gasteiger partial charge in [0.15, 0.2) is 9.84 Å². The molecule has 0 radical (unpaired) electrons. The minimum Gasteiger partial charge on any atom is -0.396 e. The first-order chi connectivity index (χ1) is 8.96. The van der Waals surface area contributed by atoms with Gasteiger partial charge in [0, 0.05) is 26.5 Å². The zero-order valence-corrected chi connectivity index (χ0v) is 12.3. The molecule has 0 aliphatic heterocycles. The van der Waals surface area contributed by atoms with Crippen molar-refractivity contribution in [2.45, 2.75) is 24.2 Å². The van der Waals surface area contributed by atoms with E-state index in [0.29, 0.717) is 11.4 Å². The van der Waals surface area contributed by atoms with Crippen molar-refractivity contribution in [2.24, 2.45) is 0 Å². The Morgan fingerprint density at radius 3 is 2.63 bits per heavy atom. The van der Waals surface area contributed by atoms with Crippen LogP contribution in [0.2, 0.25) is 0 Å². The fraction of sp³-hybridized carbons (Fsp3) is 0.538. The van der Waals surface area contributed by atoms with E-state index in [0.717, 1.165) is 38.7 Å². The summed E-state index contributed by atoms with van der Waals surface area (Å²) in [6, 6.07) is 5.01. The number of nitrogens with one attached hydrogen (secondary N) is 1. The van der Waals surface area contributed by atoms with Crippen molar-refractivity contribution in [1.29, 1.82) is 0 Å². The molecule has 0 atom stereocenters. The van der Waals surface area contributed by atoms with E-state index in [-0.39, 0.29) is 4.90 Å². The van der Waals surface area contributed by atoms with E-state index in [9.17, 15) is 8.42 Å². The summed E-state index contributed by atoms with van der Waals surface area (Å²) in [5, 5.41) is 3.17. The molecule has 1 aromatic carbocycles. The van der Waals surface area contributed by atoms with Crippen LogP contribution in [0.5, 0.6) is 0 Å². The molecule has 0 saturated carbocycles. The summed E-state index contributed by atoms with van der Waals surface area (Å²) in [5.41, 5.74) is 6.84. The summed E-state index contributed by atoms with van der Waals surface area (Å²) in [4.78, 5) is 0.178. The third-order valence-electron chi connectivity index (χ3n) is 2.81. The van der Waals surface area contributed by atoms with Crippen LogP contribution < -0.4 is 11.1 Å². The Labute approximate surface area is 115 Å². The highest BCUT2D eigenvalue weighted by molar-refractivity contribution is 7.90. The number of unbranched alkanes of at least 4 members (excludes halogenated alkanes) is 2. The van der Waals surface area contributed by atoms with Gasteiger partial charge in [-0.15, -0.1) is 0 Å². The molecule has 6 heteroatoms. The van der Waals surface area contributed by atoms with Gasteiger partial charge in [-0.2, -0.15) is 0 Å². The Bertz CT molecular complexity index is 501. The summed E-state index contributed by atoms with van der Waals surface area (Å²) < 4.78 is 28.0. The molecule has 0 aliphatic rings. The minimum atomic E-state index is -3.28. The molecule has 0 aliphatic carbocycles. The summed E-state index contributed by atoms with van der Waals surface area (Å²) in [6.45, 7) is 1.53. The number of methoxy groups -OCH3 is 1. The normalized spacial score (nSPS) is 11.5. The third-order valence-corrected chi connectivity index (χ3v) is 3.96. The average molecular weight is 286 g/mol. The molecule has 108 valence electrons. The largest absolute Gasteiger partial charge is 0.396 e. The molecule has 1 rings (SSSR count). The number of para-hydroxylation sites is 1. The summed E-state index contributed by atoms with van der Waals surface area (Å²) in [6.07, 6.45) is 4.24. The van der Waals surface area contributed by atoms with Crippen LogP contribution in [-0.2, 0) is 14.6 Å². The maximum atomic E-state index is 11.5. The Balaban J connectivity index is 2.56. The highest BCUT2D eigenvalue weighted by Gasteiger charge is 2.13. The summed E-state index contributed by atoms with van der Waals surface area (Å²) in [7, 11) is -1.59. The van der Waals surface area contributed by atoms with Gasteiger partial charge in [-0.25, -0.2) is 8.42 Å². The van der Waals surface area contributed by atoms with Gasteiger partial charge in [-0.05, 0) is 31.4 Å². The molecule has 5 nitrogen and oxygen atoms in total. The minimum absolute atomic E-state index is 0.178. The first-order valence-corrected chi connectivity index (χ1v) is 8.17. The van der Waals surface area contributed by atoms with Gasteiger partial charge < -0.3 is 15.8 Å². The Morgan fingerprint density at radius 2 is 2.00 bits per heavy atom. The van der Waals surface area contributed by atoms with Crippen molar-refractivity contribution in [1.82, 2.24) is 0 Å². The fourth-order valence-corrected chi connectivity index (χ4v) is 2.63. The van der Waals surface area contributed by atoms with Crippen LogP contribution in [0.1, 0.15) is 19.3 Å². The van der Waals surface area contributed by atoms with Crippen molar-refractivity contribution in [3.63, 3.8) is 0 Å². The zero-order valence-electron chi connectivity index (χ0n) is 11.5. The van der Waals surface area contributed by atoms with Gasteiger partial charge in [0.25, 0.3) is 0 Å². The average Bonchev–Trinajstić information content (AvgIpc) is 2.34. The molecule has 0 amide bonds. The highest BCUT2D eigenvalue weighted by Crippen LogP contribution is 2.26. The van der Waals surface area contributed by atoms with Gasteiger partial charge in [-0.1, -0.05) is 6.07 Å². The number of hydrogen-bond acceptors (Lipinski definition) is 5. The second-order valence-corrected chi connectivity index (χ2v) is 6.45. The van der Waals surface area contributed by atoms with E-state index in [1.807, 2.05) is 0 Å². The van der Waals surface area contributed by atoms with Crippen molar-refractivity contribution >= 4 is 21.2 Å². The quantitative estimate of drug-likeness (QED) is 0.563. The molecular weight excluding hydrogens is 264 g/mol. The number of sulfone groups is 1. The van der Waals surface area contributed by atoms with E-state index >= 15 is 0 Å². The second-order valence-electron chi connectivity index (χ2n) is 4.47. The first kappa shape index (κ1) is 15.8. The zero-order chi connectivity index (χ0) is 14.3. The number of nitrogens with two attached hydrogens (primary N) is 1. The maximum absolute atomic E-state index is 11.5. The van der Waals surface area contributed by atoms with Crippen molar-refractivity contribution in [3.05, 3.63) is 18.2 Å². The SMILES string of the molecule is COCCCCCNc1cccc(S(C)(=O)=O)c1N. The van der Waals surface area contributed by atoms with Gasteiger partial charge >= 0.3 is 0 Å². The topological polar surface area (TPSA) is 81.4 Å². The maximum Gasteiger partial charge on any atom is 0.177 e. The van der Waals surface area contributed by atoms with E-state index in [1.165, 1.54) is 6.07 Å². The molecule has 0 unspecified atom stereocenters. The molecule has 0 bridgehead atoms. The summed E-state index contributed by atoms with van der Waals surface area (Å²) in [5.74, 6) is 0. The van der Waals surface area contributed by atoms with Crippen LogP contribution in [0.3, 0.4) is 0 Å². The predicted octanol–water partition coefficient (Wildman–Crippen LogP) is 1.90. The van der Waals surface area contributed by atoms with Crippen molar-refractivity contribution < 1.29 is 13.2 Å². The molecule has 0 heterocycles. The van der Waals surface area contributed by atoms with Crippen LogP contribution in [0.25, 0.3) is 0 Å². The molecule has 1 aromatic rings. The van der Waals surface area contributed by atoms with Crippen LogP contribution in [0.15, 0.2) is 23.1 Å². The molecule has 3 N–H and O–H groups in total. The number of anilines is 2. The second kappa shape index (κ2) is 7.35. The number of nitrogen functional groups attached to an aromatic ring is 1. The lowest BCUT2D eigenvalue weighted by molar-refractivity contribution is 0.192. The van der Waals surface area contributed by atoms with E-state index in [4.69, 9.17) is 10.5 Å². The number of ether oxygens (including phenoxy) is 1. The Hall–Kier alpha value is -1.27. The Morgan fingerprint density at radius 1 is 1.26 bits per heavy atom. The van der Waals surface area contributed by atoms with E-state index in [1.54, 1.807) is 19.2 Å². The van der Waals surface area contributed by atoms with Crippen LogP contribution >= 0.6 is 0 Å². The third kappa shape index (κ3) is 5.08. The van der Waals surface area contributed by atoms with Gasteiger partial charge in [-0.3, -0.25) is 0 Å². The van der Waals surface area contributed by atoms with E-state index < -0.39 is 9.84 Å². The molecule has 19 heavy (non-hydrogen) atoms. The standard InChI is InChI=1S/C13H22N2O3S/c1-18-10-5-3-4-9-15-11-7-6-8-12(13(11)14)19(2,16)17/h6-8,15H,3-5,9-10,14H2,1-2H3. The number of hydrogen-bond donors (Lipinski definition) is 2. The Kier molecular flexibility index (Phi) is 6.11. The van der Waals surface area contributed by atoms with Crippen LogP contribution in [-0.4, -0.2) is 34.9 Å². The smallest absolute Gasteiger partial charge is 0.177 e. The molecule has 0 saturated heterocycles. The fourth-order valence-electron chi connectivity index (χ4n) is 1.79. The molecule has 0 aromatic heterocycles.